The van der Waals surface area contributed by atoms with Crippen LogP contribution >= 0.6 is 11.3 Å². The van der Waals surface area contributed by atoms with Crippen LogP contribution in [0.3, 0.4) is 0 Å². The number of aryl methyl sites for hydroxylation is 1. The van der Waals surface area contributed by atoms with Crippen LogP contribution in [0, 0.1) is 0 Å². The third-order valence-electron chi connectivity index (χ3n) is 4.26. The number of carbonyl (C=O) groups is 1. The van der Waals surface area contributed by atoms with Crippen LogP contribution in [0.4, 0.5) is 9.93 Å². The number of hydrogen-bond donors (Lipinski definition) is 2. The molecule has 122 valence electrons. The Labute approximate surface area is 142 Å². The smallest absolute Gasteiger partial charge is 0.321 e. The average molecular weight is 340 g/mol. The van der Waals surface area contributed by atoms with Gasteiger partial charge in [0, 0.05) is 12.4 Å². The molecule has 8 heteroatoms. The molecule has 0 saturated heterocycles. The van der Waals surface area contributed by atoms with Crippen LogP contribution in [0.15, 0.2) is 48.5 Å². The molecule has 7 nitrogen and oxygen atoms in total. The molecule has 0 bridgehead atoms. The fourth-order valence-electron chi connectivity index (χ4n) is 3.21. The number of fused-ring (bicyclic) bond motifs is 1. The number of carbonyl (C=O) groups excluding carboxylic acids is 1. The number of aromatic nitrogens is 4. The van der Waals surface area contributed by atoms with Gasteiger partial charge in [0.05, 0.1) is 18.4 Å². The first-order valence-electron chi connectivity index (χ1n) is 7.70. The van der Waals surface area contributed by atoms with Gasteiger partial charge in [-0.2, -0.15) is 0 Å². The lowest BCUT2D eigenvalue weighted by Gasteiger charge is -2.34. The molecule has 2 heterocycles. The van der Waals surface area contributed by atoms with E-state index in [1.165, 1.54) is 16.9 Å². The van der Waals surface area contributed by atoms with E-state index >= 15 is 0 Å². The van der Waals surface area contributed by atoms with E-state index in [1.54, 1.807) is 18.0 Å². The van der Waals surface area contributed by atoms with Crippen LogP contribution in [-0.4, -0.2) is 25.8 Å². The maximum Gasteiger partial charge on any atom is 0.321 e. The lowest BCUT2D eigenvalue weighted by atomic mass is 9.84. The first-order valence-corrected chi connectivity index (χ1v) is 8.58. The fraction of sp³-hybridized carbons (Fsp3) is 0.250. The van der Waals surface area contributed by atoms with Gasteiger partial charge in [-0.25, -0.2) is 9.78 Å². The van der Waals surface area contributed by atoms with Crippen molar-refractivity contribution >= 4 is 22.5 Å². The molecule has 0 aliphatic heterocycles. The van der Waals surface area contributed by atoms with Crippen molar-refractivity contribution in [1.82, 2.24) is 25.1 Å². The number of hydrogen-bond acceptors (Lipinski definition) is 5. The van der Waals surface area contributed by atoms with E-state index in [2.05, 4.69) is 42.5 Å². The zero-order chi connectivity index (χ0) is 16.4. The van der Waals surface area contributed by atoms with E-state index in [-0.39, 0.29) is 18.1 Å². The molecule has 2 amide bonds. The van der Waals surface area contributed by atoms with Crippen LogP contribution in [0.2, 0.25) is 0 Å². The van der Waals surface area contributed by atoms with E-state index in [1.807, 2.05) is 18.3 Å². The molecule has 0 spiro atoms. The van der Waals surface area contributed by atoms with E-state index in [9.17, 15) is 4.79 Å². The molecule has 3 aromatic rings. The standard InChI is InChI=1S/C16H16N6OS/c23-15(20-16-21-18-10-24-16)19-14-12-4-2-1-3-11(12)5-6-13(14)22-8-7-17-9-22/h1-4,7-10,13-14H,5-6H2,(H2,19,20,21,23)/t13-,14-/m1/s1. The highest BCUT2D eigenvalue weighted by Crippen LogP contribution is 2.37. The fourth-order valence-corrected chi connectivity index (χ4v) is 3.65. The van der Waals surface area contributed by atoms with Crippen LogP contribution in [0.25, 0.3) is 0 Å². The molecule has 0 radical (unpaired) electrons. The first kappa shape index (κ1) is 14.8. The Morgan fingerprint density at radius 1 is 1.33 bits per heavy atom. The predicted octanol–water partition coefficient (Wildman–Crippen LogP) is 2.78. The van der Waals surface area contributed by atoms with Gasteiger partial charge >= 0.3 is 6.03 Å². The Hall–Kier alpha value is -2.74. The molecule has 0 fully saturated rings. The number of urea groups is 1. The number of amides is 2. The Morgan fingerprint density at radius 3 is 3.04 bits per heavy atom. The summed E-state index contributed by atoms with van der Waals surface area (Å²) in [6.45, 7) is 0. The van der Waals surface area contributed by atoms with Crippen LogP contribution in [0.5, 0.6) is 0 Å². The molecule has 1 aliphatic rings. The highest BCUT2D eigenvalue weighted by atomic mass is 32.1. The Balaban J connectivity index is 1.61. The molecule has 2 N–H and O–H groups in total. The van der Waals surface area contributed by atoms with Gasteiger partial charge in [0.15, 0.2) is 0 Å². The summed E-state index contributed by atoms with van der Waals surface area (Å²) in [5.41, 5.74) is 4.00. The average Bonchev–Trinajstić information content (AvgIpc) is 3.29. The zero-order valence-corrected chi connectivity index (χ0v) is 13.6. The second-order valence-corrected chi connectivity index (χ2v) is 6.47. The predicted molar refractivity (Wildman–Crippen MR) is 90.8 cm³/mol. The summed E-state index contributed by atoms with van der Waals surface area (Å²) in [6, 6.07) is 7.96. The topological polar surface area (TPSA) is 84.7 Å². The SMILES string of the molecule is O=C(Nc1nncs1)N[C@@H]1c2ccccc2CC[C@H]1n1ccnc1. The monoisotopic (exact) mass is 340 g/mol. The summed E-state index contributed by atoms with van der Waals surface area (Å²) in [5, 5.41) is 13.9. The summed E-state index contributed by atoms with van der Waals surface area (Å²) in [4.78, 5) is 16.5. The molecule has 1 aromatic carbocycles. The largest absolute Gasteiger partial charge is 0.332 e. The zero-order valence-electron chi connectivity index (χ0n) is 12.8. The minimum absolute atomic E-state index is 0.127. The van der Waals surface area contributed by atoms with E-state index in [0.29, 0.717) is 5.13 Å². The molecular weight excluding hydrogens is 324 g/mol. The van der Waals surface area contributed by atoms with E-state index in [4.69, 9.17) is 0 Å². The third-order valence-corrected chi connectivity index (χ3v) is 4.87. The van der Waals surface area contributed by atoms with Gasteiger partial charge in [0.25, 0.3) is 0 Å². The van der Waals surface area contributed by atoms with Gasteiger partial charge in [-0.1, -0.05) is 35.6 Å². The number of nitrogens with one attached hydrogen (secondary N) is 2. The second kappa shape index (κ2) is 6.40. The second-order valence-electron chi connectivity index (χ2n) is 5.63. The molecule has 0 saturated carbocycles. The molecule has 1 aliphatic carbocycles. The van der Waals surface area contributed by atoms with Crippen molar-refractivity contribution in [2.75, 3.05) is 5.32 Å². The molecule has 2 atom stereocenters. The van der Waals surface area contributed by atoms with E-state index < -0.39 is 0 Å². The number of nitrogens with zero attached hydrogens (tertiary/aromatic N) is 4. The van der Waals surface area contributed by atoms with Crippen molar-refractivity contribution in [3.8, 4) is 0 Å². The quantitative estimate of drug-likeness (QED) is 0.768. The number of benzene rings is 1. The van der Waals surface area contributed by atoms with Crippen molar-refractivity contribution in [3.05, 3.63) is 59.6 Å². The summed E-state index contributed by atoms with van der Waals surface area (Å²) in [6.07, 6.45) is 7.43. The minimum Gasteiger partial charge on any atom is -0.332 e. The molecule has 0 unspecified atom stereocenters. The maximum atomic E-state index is 12.4. The summed E-state index contributed by atoms with van der Waals surface area (Å²) < 4.78 is 2.06. The lowest BCUT2D eigenvalue weighted by molar-refractivity contribution is 0.239. The normalized spacial score (nSPS) is 19.5. The number of rotatable bonds is 3. The number of anilines is 1. The Bertz CT molecular complexity index is 817. The van der Waals surface area contributed by atoms with Gasteiger partial charge in [-0.3, -0.25) is 5.32 Å². The van der Waals surface area contributed by atoms with Crippen molar-refractivity contribution in [1.29, 1.82) is 0 Å². The minimum atomic E-state index is -0.279. The molecule has 4 rings (SSSR count). The third kappa shape index (κ3) is 2.88. The Morgan fingerprint density at radius 2 is 2.25 bits per heavy atom. The highest BCUT2D eigenvalue weighted by Gasteiger charge is 2.31. The molecule has 24 heavy (non-hydrogen) atoms. The lowest BCUT2D eigenvalue weighted by Crippen LogP contribution is -2.39. The highest BCUT2D eigenvalue weighted by molar-refractivity contribution is 7.13. The summed E-state index contributed by atoms with van der Waals surface area (Å²) in [5.74, 6) is 0. The Kier molecular flexibility index (Phi) is 3.96. The van der Waals surface area contributed by atoms with Crippen LogP contribution in [-0.2, 0) is 6.42 Å². The van der Waals surface area contributed by atoms with Crippen LogP contribution < -0.4 is 10.6 Å². The van der Waals surface area contributed by atoms with Gasteiger partial charge in [-0.15, -0.1) is 10.2 Å². The summed E-state index contributed by atoms with van der Waals surface area (Å²) >= 11 is 1.29. The molecule has 2 aromatic heterocycles. The van der Waals surface area contributed by atoms with Gasteiger partial charge in [0.2, 0.25) is 5.13 Å². The van der Waals surface area contributed by atoms with Crippen LogP contribution in [0.1, 0.15) is 29.6 Å². The van der Waals surface area contributed by atoms with Gasteiger partial charge in [-0.05, 0) is 24.0 Å². The molecular formula is C16H16N6OS. The first-order chi connectivity index (χ1) is 11.8. The summed E-state index contributed by atoms with van der Waals surface area (Å²) in [7, 11) is 0. The van der Waals surface area contributed by atoms with Crippen molar-refractivity contribution in [2.24, 2.45) is 0 Å². The van der Waals surface area contributed by atoms with E-state index in [0.717, 1.165) is 18.4 Å². The maximum absolute atomic E-state index is 12.4. The van der Waals surface area contributed by atoms with Gasteiger partial charge < -0.3 is 9.88 Å². The van der Waals surface area contributed by atoms with Crippen molar-refractivity contribution in [3.63, 3.8) is 0 Å². The van der Waals surface area contributed by atoms with Crippen molar-refractivity contribution < 1.29 is 4.79 Å². The van der Waals surface area contributed by atoms with Crippen molar-refractivity contribution in [2.45, 2.75) is 24.9 Å². The number of imidazole rings is 1. The van der Waals surface area contributed by atoms with Gasteiger partial charge in [0.1, 0.15) is 5.51 Å².